The Balaban J connectivity index is 1.91. The molecule has 0 radical (unpaired) electrons. The van der Waals surface area contributed by atoms with E-state index in [-0.39, 0.29) is 12.1 Å². The number of furan rings is 1. The fourth-order valence-electron chi connectivity index (χ4n) is 2.44. The van der Waals surface area contributed by atoms with Crippen molar-refractivity contribution in [3.63, 3.8) is 0 Å². The molecule has 0 spiro atoms. The van der Waals surface area contributed by atoms with Crippen LogP contribution in [0.3, 0.4) is 0 Å². The van der Waals surface area contributed by atoms with Crippen molar-refractivity contribution in [1.29, 1.82) is 0 Å². The zero-order valence-electron chi connectivity index (χ0n) is 12.3. The molecule has 0 aliphatic rings. The molecule has 20 heavy (non-hydrogen) atoms. The average Bonchev–Trinajstić information content (AvgIpc) is 2.86. The van der Waals surface area contributed by atoms with Crippen LogP contribution in [-0.4, -0.2) is 17.3 Å². The van der Waals surface area contributed by atoms with Crippen LogP contribution in [0, 0.1) is 6.92 Å². The molecule has 0 bridgehead atoms. The lowest BCUT2D eigenvalue weighted by Gasteiger charge is -2.24. The minimum absolute atomic E-state index is 0.00490. The van der Waals surface area contributed by atoms with Gasteiger partial charge < -0.3 is 14.8 Å². The molecule has 0 saturated heterocycles. The molecular formula is C17H23NO2. The third-order valence-electron chi connectivity index (χ3n) is 3.67. The Kier molecular flexibility index (Phi) is 4.99. The number of aryl methyl sites for hydroxylation is 1. The molecule has 0 amide bonds. The predicted octanol–water partition coefficient (Wildman–Crippen LogP) is 3.23. The van der Waals surface area contributed by atoms with Gasteiger partial charge in [0.25, 0.3) is 0 Å². The molecule has 2 rings (SSSR count). The lowest BCUT2D eigenvalue weighted by molar-refractivity contribution is 0.127. The molecule has 0 saturated carbocycles. The van der Waals surface area contributed by atoms with Gasteiger partial charge in [-0.25, -0.2) is 0 Å². The number of aliphatic hydroxyl groups is 1. The van der Waals surface area contributed by atoms with E-state index in [2.05, 4.69) is 12.2 Å². The first kappa shape index (κ1) is 14.8. The van der Waals surface area contributed by atoms with E-state index in [0.29, 0.717) is 6.42 Å². The van der Waals surface area contributed by atoms with Crippen LogP contribution in [0.15, 0.2) is 47.1 Å². The molecule has 3 unspecified atom stereocenters. The molecule has 0 fully saturated rings. The highest BCUT2D eigenvalue weighted by Crippen LogP contribution is 2.19. The fourth-order valence-corrected chi connectivity index (χ4v) is 2.44. The van der Waals surface area contributed by atoms with Crippen molar-refractivity contribution in [2.24, 2.45) is 0 Å². The Morgan fingerprint density at radius 1 is 1.15 bits per heavy atom. The number of hydrogen-bond acceptors (Lipinski definition) is 3. The SMILES string of the molecule is Cc1ccoc1C(C)NC(C)C(O)Cc1ccccc1. The first-order chi connectivity index (χ1) is 9.58. The Hall–Kier alpha value is -1.58. The second-order valence-corrected chi connectivity index (χ2v) is 5.40. The molecule has 3 atom stereocenters. The quantitative estimate of drug-likeness (QED) is 0.849. The average molecular weight is 273 g/mol. The van der Waals surface area contributed by atoms with Crippen LogP contribution < -0.4 is 5.32 Å². The third-order valence-corrected chi connectivity index (χ3v) is 3.67. The summed E-state index contributed by atoms with van der Waals surface area (Å²) in [6, 6.07) is 12.1. The van der Waals surface area contributed by atoms with Gasteiger partial charge in [0.2, 0.25) is 0 Å². The van der Waals surface area contributed by atoms with Crippen LogP contribution in [0.4, 0.5) is 0 Å². The van der Waals surface area contributed by atoms with E-state index in [1.54, 1.807) is 6.26 Å². The molecule has 3 heteroatoms. The predicted molar refractivity (Wildman–Crippen MR) is 80.6 cm³/mol. The molecule has 0 aliphatic heterocycles. The first-order valence-corrected chi connectivity index (χ1v) is 7.10. The summed E-state index contributed by atoms with van der Waals surface area (Å²) >= 11 is 0. The van der Waals surface area contributed by atoms with E-state index < -0.39 is 6.10 Å². The van der Waals surface area contributed by atoms with E-state index in [0.717, 1.165) is 16.9 Å². The second kappa shape index (κ2) is 6.73. The zero-order valence-corrected chi connectivity index (χ0v) is 12.3. The summed E-state index contributed by atoms with van der Waals surface area (Å²) in [7, 11) is 0. The zero-order chi connectivity index (χ0) is 14.5. The summed E-state index contributed by atoms with van der Waals surface area (Å²) in [6.45, 7) is 6.09. The highest BCUT2D eigenvalue weighted by atomic mass is 16.3. The van der Waals surface area contributed by atoms with Crippen LogP contribution >= 0.6 is 0 Å². The summed E-state index contributed by atoms with van der Waals surface area (Å²) < 4.78 is 5.48. The van der Waals surface area contributed by atoms with Crippen molar-refractivity contribution in [2.45, 2.75) is 45.4 Å². The van der Waals surface area contributed by atoms with E-state index in [1.165, 1.54) is 0 Å². The van der Waals surface area contributed by atoms with Gasteiger partial charge in [-0.15, -0.1) is 0 Å². The fraction of sp³-hybridized carbons (Fsp3) is 0.412. The summed E-state index contributed by atoms with van der Waals surface area (Å²) in [4.78, 5) is 0. The molecule has 1 aromatic carbocycles. The van der Waals surface area contributed by atoms with Crippen molar-refractivity contribution in [3.8, 4) is 0 Å². The van der Waals surface area contributed by atoms with Crippen LogP contribution in [-0.2, 0) is 6.42 Å². The molecular weight excluding hydrogens is 250 g/mol. The number of benzene rings is 1. The number of hydrogen-bond donors (Lipinski definition) is 2. The van der Waals surface area contributed by atoms with Gasteiger partial charge >= 0.3 is 0 Å². The van der Waals surface area contributed by atoms with E-state index in [1.807, 2.05) is 50.2 Å². The van der Waals surface area contributed by atoms with Gasteiger partial charge in [0.15, 0.2) is 0 Å². The second-order valence-electron chi connectivity index (χ2n) is 5.40. The van der Waals surface area contributed by atoms with Gasteiger partial charge in [-0.3, -0.25) is 0 Å². The van der Waals surface area contributed by atoms with Crippen molar-refractivity contribution < 1.29 is 9.52 Å². The molecule has 108 valence electrons. The highest BCUT2D eigenvalue weighted by Gasteiger charge is 2.19. The molecule has 3 nitrogen and oxygen atoms in total. The lowest BCUT2D eigenvalue weighted by Crippen LogP contribution is -2.40. The molecule has 1 aromatic heterocycles. The summed E-state index contributed by atoms with van der Waals surface area (Å²) in [6.07, 6.45) is 1.93. The van der Waals surface area contributed by atoms with Gasteiger partial charge in [0.05, 0.1) is 18.4 Å². The standard InChI is InChI=1S/C17H23NO2/c1-12-9-10-20-17(12)14(3)18-13(2)16(19)11-15-7-5-4-6-8-15/h4-10,13-14,16,18-19H,11H2,1-3H3. The van der Waals surface area contributed by atoms with Gasteiger partial charge in [-0.1, -0.05) is 30.3 Å². The Labute approximate surface area is 120 Å². The van der Waals surface area contributed by atoms with E-state index >= 15 is 0 Å². The van der Waals surface area contributed by atoms with Crippen LogP contribution in [0.5, 0.6) is 0 Å². The topological polar surface area (TPSA) is 45.4 Å². The number of rotatable bonds is 6. The van der Waals surface area contributed by atoms with Crippen molar-refractivity contribution >= 4 is 0 Å². The monoisotopic (exact) mass is 273 g/mol. The first-order valence-electron chi connectivity index (χ1n) is 7.10. The minimum Gasteiger partial charge on any atom is -0.467 e. The van der Waals surface area contributed by atoms with Gasteiger partial charge in [-0.2, -0.15) is 0 Å². The maximum atomic E-state index is 10.3. The van der Waals surface area contributed by atoms with E-state index in [4.69, 9.17) is 4.42 Å². The third kappa shape index (κ3) is 3.71. The van der Waals surface area contributed by atoms with E-state index in [9.17, 15) is 5.11 Å². The van der Waals surface area contributed by atoms with Gasteiger partial charge in [-0.05, 0) is 44.4 Å². The number of nitrogens with one attached hydrogen (secondary N) is 1. The van der Waals surface area contributed by atoms with Crippen molar-refractivity contribution in [1.82, 2.24) is 5.32 Å². The van der Waals surface area contributed by atoms with Crippen LogP contribution in [0.25, 0.3) is 0 Å². The Morgan fingerprint density at radius 2 is 1.85 bits per heavy atom. The van der Waals surface area contributed by atoms with Crippen LogP contribution in [0.1, 0.15) is 36.8 Å². The highest BCUT2D eigenvalue weighted by molar-refractivity contribution is 5.18. The normalized spacial score (nSPS) is 15.8. The Bertz CT molecular complexity index is 521. The van der Waals surface area contributed by atoms with Crippen LogP contribution in [0.2, 0.25) is 0 Å². The molecule has 1 heterocycles. The Morgan fingerprint density at radius 3 is 2.45 bits per heavy atom. The number of aliphatic hydroxyl groups excluding tert-OH is 1. The summed E-state index contributed by atoms with van der Waals surface area (Å²) in [5.41, 5.74) is 2.28. The van der Waals surface area contributed by atoms with Crippen molar-refractivity contribution in [3.05, 3.63) is 59.5 Å². The largest absolute Gasteiger partial charge is 0.467 e. The maximum Gasteiger partial charge on any atom is 0.123 e. The smallest absolute Gasteiger partial charge is 0.123 e. The maximum absolute atomic E-state index is 10.3. The van der Waals surface area contributed by atoms with Crippen molar-refractivity contribution in [2.75, 3.05) is 0 Å². The summed E-state index contributed by atoms with van der Waals surface area (Å²) in [5.74, 6) is 0.934. The molecule has 2 aromatic rings. The molecule has 2 N–H and O–H groups in total. The lowest BCUT2D eigenvalue weighted by atomic mass is 10.0. The van der Waals surface area contributed by atoms with Gasteiger partial charge in [0.1, 0.15) is 5.76 Å². The minimum atomic E-state index is -0.421. The summed E-state index contributed by atoms with van der Waals surface area (Å²) in [5, 5.41) is 13.7. The molecule has 0 aliphatic carbocycles. The van der Waals surface area contributed by atoms with Gasteiger partial charge in [0, 0.05) is 6.04 Å².